The number of esters is 1. The van der Waals surface area contributed by atoms with Gasteiger partial charge in [0.2, 0.25) is 0 Å². The Morgan fingerprint density at radius 2 is 1.75 bits per heavy atom. The van der Waals surface area contributed by atoms with Gasteiger partial charge in [-0.25, -0.2) is 4.79 Å². The van der Waals surface area contributed by atoms with Gasteiger partial charge in [0.15, 0.2) is 6.61 Å². The first kappa shape index (κ1) is 19.9. The zero-order valence-corrected chi connectivity index (χ0v) is 16.4. The van der Waals surface area contributed by atoms with Gasteiger partial charge in [0.25, 0.3) is 5.91 Å². The van der Waals surface area contributed by atoms with E-state index < -0.39 is 5.97 Å². The molecule has 0 saturated heterocycles. The van der Waals surface area contributed by atoms with Gasteiger partial charge in [-0.3, -0.25) is 4.79 Å². The summed E-state index contributed by atoms with van der Waals surface area (Å²) < 4.78 is 10.9. The maximum Gasteiger partial charge on any atom is 0.338 e. The molecule has 1 fully saturated rings. The van der Waals surface area contributed by atoms with E-state index in [9.17, 15) is 9.59 Å². The molecule has 0 aliphatic heterocycles. The summed E-state index contributed by atoms with van der Waals surface area (Å²) >= 11 is 0. The second-order valence-electron chi connectivity index (χ2n) is 7.46. The Hall–Kier alpha value is -2.82. The van der Waals surface area contributed by atoms with Crippen LogP contribution >= 0.6 is 0 Å². The van der Waals surface area contributed by atoms with Gasteiger partial charge in [0, 0.05) is 6.04 Å². The van der Waals surface area contributed by atoms with Crippen molar-refractivity contribution in [2.45, 2.75) is 39.2 Å². The van der Waals surface area contributed by atoms with E-state index in [1.807, 2.05) is 30.3 Å². The van der Waals surface area contributed by atoms with Crippen LogP contribution in [0, 0.1) is 11.8 Å². The van der Waals surface area contributed by atoms with Gasteiger partial charge in [-0.1, -0.05) is 51.0 Å². The number of para-hydroxylation sites is 1. The van der Waals surface area contributed by atoms with Crippen molar-refractivity contribution in [2.75, 3.05) is 6.61 Å². The van der Waals surface area contributed by atoms with E-state index in [2.05, 4.69) is 19.2 Å². The fraction of sp³-hybridized carbons (Fsp3) is 0.391. The molecule has 1 aliphatic carbocycles. The number of hydrogen-bond acceptors (Lipinski definition) is 4. The molecule has 5 nitrogen and oxygen atoms in total. The van der Waals surface area contributed by atoms with E-state index in [1.165, 1.54) is 6.42 Å². The van der Waals surface area contributed by atoms with E-state index in [0.29, 0.717) is 28.9 Å². The summed E-state index contributed by atoms with van der Waals surface area (Å²) in [6, 6.07) is 16.2. The minimum absolute atomic E-state index is 0.151. The van der Waals surface area contributed by atoms with Crippen molar-refractivity contribution in [1.29, 1.82) is 0 Å². The summed E-state index contributed by atoms with van der Waals surface area (Å²) in [5.74, 6) is 1.45. The summed E-state index contributed by atoms with van der Waals surface area (Å²) in [5, 5.41) is 3.01. The number of nitrogens with one attached hydrogen (secondary N) is 1. The van der Waals surface area contributed by atoms with E-state index in [0.717, 1.165) is 12.8 Å². The highest BCUT2D eigenvalue weighted by Crippen LogP contribution is 2.29. The van der Waals surface area contributed by atoms with Crippen molar-refractivity contribution in [3.8, 4) is 11.5 Å². The zero-order valence-electron chi connectivity index (χ0n) is 16.4. The lowest BCUT2D eigenvalue weighted by Crippen LogP contribution is -2.45. The number of hydrogen-bond donors (Lipinski definition) is 1. The molecule has 0 aromatic heterocycles. The summed E-state index contributed by atoms with van der Waals surface area (Å²) in [5.41, 5.74) is 0.348. The number of carbonyl (C=O) groups is 2. The van der Waals surface area contributed by atoms with Crippen molar-refractivity contribution >= 4 is 11.9 Å². The van der Waals surface area contributed by atoms with Crippen molar-refractivity contribution in [3.63, 3.8) is 0 Å². The summed E-state index contributed by atoms with van der Waals surface area (Å²) in [6.45, 7) is 4.10. The fourth-order valence-corrected chi connectivity index (χ4v) is 3.56. The molecule has 1 N–H and O–H groups in total. The Kier molecular flexibility index (Phi) is 6.69. The SMILES string of the molecule is CC1CCCC(NC(=O)COC(=O)c2cccc(Oc3ccccc3)c2)C1C. The first-order chi connectivity index (χ1) is 13.5. The van der Waals surface area contributed by atoms with Crippen molar-refractivity contribution in [1.82, 2.24) is 5.32 Å². The van der Waals surface area contributed by atoms with Gasteiger partial charge in [-0.2, -0.15) is 0 Å². The normalized spacial score (nSPS) is 21.6. The Morgan fingerprint density at radius 1 is 1.00 bits per heavy atom. The summed E-state index contributed by atoms with van der Waals surface area (Å²) in [6.07, 6.45) is 3.29. The Balaban J connectivity index is 1.52. The first-order valence-electron chi connectivity index (χ1n) is 9.82. The van der Waals surface area contributed by atoms with Crippen LogP contribution < -0.4 is 10.1 Å². The lowest BCUT2D eigenvalue weighted by atomic mass is 9.78. The van der Waals surface area contributed by atoms with E-state index in [4.69, 9.17) is 9.47 Å². The smallest absolute Gasteiger partial charge is 0.338 e. The van der Waals surface area contributed by atoms with Gasteiger partial charge < -0.3 is 14.8 Å². The van der Waals surface area contributed by atoms with Crippen LogP contribution in [0.3, 0.4) is 0 Å². The third kappa shape index (κ3) is 5.35. The molecular formula is C23H27NO4. The molecule has 0 heterocycles. The standard InChI is InChI=1S/C23H27NO4/c1-16-8-6-13-21(17(16)2)24-22(25)15-27-23(26)18-9-7-12-20(14-18)28-19-10-4-3-5-11-19/h3-5,7,9-12,14,16-17,21H,6,8,13,15H2,1-2H3,(H,24,25). The van der Waals surface area contributed by atoms with Crippen LogP contribution in [0.4, 0.5) is 0 Å². The molecule has 2 aromatic rings. The van der Waals surface area contributed by atoms with Crippen LogP contribution in [0.25, 0.3) is 0 Å². The first-order valence-corrected chi connectivity index (χ1v) is 9.82. The molecule has 5 heteroatoms. The Labute approximate surface area is 166 Å². The van der Waals surface area contributed by atoms with Crippen LogP contribution in [0.15, 0.2) is 54.6 Å². The molecule has 3 rings (SSSR count). The summed E-state index contributed by atoms with van der Waals surface area (Å²) in [4.78, 5) is 24.5. The lowest BCUT2D eigenvalue weighted by Gasteiger charge is -2.34. The molecule has 1 aliphatic rings. The maximum atomic E-state index is 12.3. The van der Waals surface area contributed by atoms with E-state index in [1.54, 1.807) is 24.3 Å². The lowest BCUT2D eigenvalue weighted by molar-refractivity contribution is -0.125. The number of rotatable bonds is 6. The molecule has 0 radical (unpaired) electrons. The van der Waals surface area contributed by atoms with Gasteiger partial charge >= 0.3 is 5.97 Å². The molecule has 3 atom stereocenters. The van der Waals surface area contributed by atoms with Crippen LogP contribution in [0.1, 0.15) is 43.5 Å². The van der Waals surface area contributed by atoms with Gasteiger partial charge in [0.05, 0.1) is 5.56 Å². The van der Waals surface area contributed by atoms with Crippen LogP contribution in [-0.2, 0) is 9.53 Å². The number of carbonyl (C=O) groups excluding carboxylic acids is 2. The van der Waals surface area contributed by atoms with Crippen LogP contribution in [0.2, 0.25) is 0 Å². The van der Waals surface area contributed by atoms with Gasteiger partial charge in [0.1, 0.15) is 11.5 Å². The minimum Gasteiger partial charge on any atom is -0.457 e. The monoisotopic (exact) mass is 381 g/mol. The highest BCUT2D eigenvalue weighted by Gasteiger charge is 2.28. The fourth-order valence-electron chi connectivity index (χ4n) is 3.56. The molecule has 28 heavy (non-hydrogen) atoms. The predicted molar refractivity (Wildman–Crippen MR) is 107 cm³/mol. The Morgan fingerprint density at radius 3 is 2.54 bits per heavy atom. The predicted octanol–water partition coefficient (Wildman–Crippen LogP) is 4.58. The Bertz CT molecular complexity index is 805. The van der Waals surface area contributed by atoms with Gasteiger partial charge in [-0.15, -0.1) is 0 Å². The van der Waals surface area contributed by atoms with Gasteiger partial charge in [-0.05, 0) is 48.6 Å². The highest BCUT2D eigenvalue weighted by molar-refractivity contribution is 5.91. The second-order valence-corrected chi connectivity index (χ2v) is 7.46. The molecule has 0 spiro atoms. The zero-order chi connectivity index (χ0) is 19.9. The maximum absolute atomic E-state index is 12.3. The van der Waals surface area contributed by atoms with E-state index in [-0.39, 0.29) is 18.6 Å². The van der Waals surface area contributed by atoms with Crippen molar-refractivity contribution < 1.29 is 19.1 Å². The molecule has 0 bridgehead atoms. The molecule has 1 amide bonds. The second kappa shape index (κ2) is 9.40. The number of benzene rings is 2. The molecular weight excluding hydrogens is 354 g/mol. The highest BCUT2D eigenvalue weighted by atomic mass is 16.5. The average Bonchev–Trinajstić information content (AvgIpc) is 2.70. The van der Waals surface area contributed by atoms with Crippen LogP contribution in [-0.4, -0.2) is 24.5 Å². The number of ether oxygens (including phenoxy) is 2. The largest absolute Gasteiger partial charge is 0.457 e. The average molecular weight is 381 g/mol. The third-order valence-electron chi connectivity index (χ3n) is 5.44. The molecule has 1 saturated carbocycles. The van der Waals surface area contributed by atoms with Crippen molar-refractivity contribution in [2.24, 2.45) is 11.8 Å². The topological polar surface area (TPSA) is 64.6 Å². The van der Waals surface area contributed by atoms with E-state index >= 15 is 0 Å². The summed E-state index contributed by atoms with van der Waals surface area (Å²) in [7, 11) is 0. The molecule has 2 aromatic carbocycles. The molecule has 148 valence electrons. The minimum atomic E-state index is -0.543. The quantitative estimate of drug-likeness (QED) is 0.744. The van der Waals surface area contributed by atoms with Crippen LogP contribution in [0.5, 0.6) is 11.5 Å². The number of amides is 1. The molecule has 3 unspecified atom stereocenters. The van der Waals surface area contributed by atoms with Crippen molar-refractivity contribution in [3.05, 3.63) is 60.2 Å². The third-order valence-corrected chi connectivity index (χ3v) is 5.44.